The maximum absolute atomic E-state index is 5.16. The van der Waals surface area contributed by atoms with E-state index in [-0.39, 0.29) is 0 Å². The Bertz CT molecular complexity index is 134. The van der Waals surface area contributed by atoms with Crippen LogP contribution in [0.25, 0.3) is 0 Å². The highest BCUT2D eigenvalue weighted by atomic mass is 16.5. The van der Waals surface area contributed by atoms with Crippen LogP contribution in [-0.4, -0.2) is 38.3 Å². The zero-order chi connectivity index (χ0) is 9.56. The number of likely N-dealkylation sites (N-methyl/N-ethyl adjacent to an activating group) is 1. The Kier molecular flexibility index (Phi) is 6.03. The quantitative estimate of drug-likeness (QED) is 0.566. The zero-order valence-electron chi connectivity index (χ0n) is 8.76. The van der Waals surface area contributed by atoms with Gasteiger partial charge in [0.25, 0.3) is 0 Å². The summed E-state index contributed by atoms with van der Waals surface area (Å²) in [5, 5.41) is 0. The third-order valence-corrected chi connectivity index (χ3v) is 1.86. The van der Waals surface area contributed by atoms with Crippen molar-refractivity contribution in [3.05, 3.63) is 12.2 Å². The zero-order valence-corrected chi connectivity index (χ0v) is 8.76. The van der Waals surface area contributed by atoms with E-state index >= 15 is 0 Å². The average Bonchev–Trinajstić information content (AvgIpc) is 1.99. The number of hydrogen-bond donors (Lipinski definition) is 0. The van der Waals surface area contributed by atoms with Crippen molar-refractivity contribution in [1.82, 2.24) is 4.90 Å². The van der Waals surface area contributed by atoms with Gasteiger partial charge in [-0.25, -0.2) is 0 Å². The summed E-state index contributed by atoms with van der Waals surface area (Å²) in [6.07, 6.45) is 1.44. The van der Waals surface area contributed by atoms with Crippen molar-refractivity contribution in [2.24, 2.45) is 0 Å². The Morgan fingerprint density at radius 1 is 1.58 bits per heavy atom. The number of nitrogens with zero attached hydrogens (tertiary/aromatic N) is 1. The van der Waals surface area contributed by atoms with Gasteiger partial charge in [-0.15, -0.1) is 0 Å². The van der Waals surface area contributed by atoms with Crippen molar-refractivity contribution >= 4 is 0 Å². The van der Waals surface area contributed by atoms with E-state index in [1.54, 1.807) is 7.11 Å². The van der Waals surface area contributed by atoms with Gasteiger partial charge in [-0.05, 0) is 27.3 Å². The molecule has 0 saturated carbocycles. The van der Waals surface area contributed by atoms with Crippen LogP contribution in [0.1, 0.15) is 20.3 Å². The molecule has 0 bridgehead atoms. The first-order chi connectivity index (χ1) is 5.56. The van der Waals surface area contributed by atoms with Crippen molar-refractivity contribution < 1.29 is 4.74 Å². The molecule has 0 N–H and O–H groups in total. The van der Waals surface area contributed by atoms with Crippen molar-refractivity contribution in [3.8, 4) is 0 Å². The monoisotopic (exact) mass is 171 g/mol. The summed E-state index contributed by atoms with van der Waals surface area (Å²) in [6.45, 7) is 10.1. The highest BCUT2D eigenvalue weighted by Crippen LogP contribution is 1.99. The molecule has 0 aromatic heterocycles. The summed E-state index contributed by atoms with van der Waals surface area (Å²) in [5.41, 5.74) is 1.21. The van der Waals surface area contributed by atoms with Gasteiger partial charge < -0.3 is 9.64 Å². The van der Waals surface area contributed by atoms with Gasteiger partial charge in [0, 0.05) is 20.2 Å². The van der Waals surface area contributed by atoms with Gasteiger partial charge in [-0.1, -0.05) is 12.2 Å². The molecule has 0 heterocycles. The van der Waals surface area contributed by atoms with E-state index in [0.717, 1.165) is 19.5 Å². The summed E-state index contributed by atoms with van der Waals surface area (Å²) in [4.78, 5) is 2.26. The molecule has 0 amide bonds. The van der Waals surface area contributed by atoms with Gasteiger partial charge in [0.05, 0.1) is 6.10 Å². The molecule has 0 fully saturated rings. The fourth-order valence-corrected chi connectivity index (χ4v) is 1.06. The molecule has 0 aromatic rings. The lowest BCUT2D eigenvalue weighted by molar-refractivity contribution is 0.102. The van der Waals surface area contributed by atoms with E-state index in [1.165, 1.54) is 5.57 Å². The van der Waals surface area contributed by atoms with Crippen LogP contribution in [0.5, 0.6) is 0 Å². The average molecular weight is 171 g/mol. The Labute approximate surface area is 76.2 Å². The molecule has 0 radical (unpaired) electrons. The SMILES string of the molecule is C=C(C)CN(C)CCC(C)OC. The topological polar surface area (TPSA) is 12.5 Å². The molecule has 0 aliphatic heterocycles. The standard InChI is InChI=1S/C10H21NO/c1-9(2)8-11(4)7-6-10(3)12-5/h10H,1,6-8H2,2-5H3. The first kappa shape index (κ1) is 11.7. The second-order valence-electron chi connectivity index (χ2n) is 3.53. The first-order valence-electron chi connectivity index (χ1n) is 4.42. The van der Waals surface area contributed by atoms with Crippen molar-refractivity contribution in [2.75, 3.05) is 27.2 Å². The highest BCUT2D eigenvalue weighted by molar-refractivity contribution is 4.90. The van der Waals surface area contributed by atoms with E-state index in [1.807, 2.05) is 0 Å². The molecule has 2 nitrogen and oxygen atoms in total. The van der Waals surface area contributed by atoms with Crippen LogP contribution in [-0.2, 0) is 4.74 Å². The van der Waals surface area contributed by atoms with Gasteiger partial charge in [0.1, 0.15) is 0 Å². The molecule has 72 valence electrons. The van der Waals surface area contributed by atoms with Crippen LogP contribution in [0.4, 0.5) is 0 Å². The Hall–Kier alpha value is -0.340. The molecule has 0 spiro atoms. The van der Waals surface area contributed by atoms with Crippen LogP contribution in [0, 0.1) is 0 Å². The van der Waals surface area contributed by atoms with Crippen LogP contribution in [0.2, 0.25) is 0 Å². The Morgan fingerprint density at radius 2 is 2.17 bits per heavy atom. The number of ether oxygens (including phenoxy) is 1. The van der Waals surface area contributed by atoms with Gasteiger partial charge in [-0.3, -0.25) is 0 Å². The van der Waals surface area contributed by atoms with Crippen molar-refractivity contribution in [3.63, 3.8) is 0 Å². The van der Waals surface area contributed by atoms with E-state index < -0.39 is 0 Å². The van der Waals surface area contributed by atoms with Gasteiger partial charge in [0.2, 0.25) is 0 Å². The molecule has 0 rings (SSSR count). The second-order valence-corrected chi connectivity index (χ2v) is 3.53. The minimum atomic E-state index is 0.359. The minimum Gasteiger partial charge on any atom is -0.382 e. The molecule has 0 aliphatic rings. The second kappa shape index (κ2) is 6.21. The van der Waals surface area contributed by atoms with Crippen molar-refractivity contribution in [1.29, 1.82) is 0 Å². The highest BCUT2D eigenvalue weighted by Gasteiger charge is 2.02. The Balaban J connectivity index is 3.43. The number of methoxy groups -OCH3 is 1. The molecular formula is C10H21NO. The molecule has 0 saturated heterocycles. The lowest BCUT2D eigenvalue weighted by atomic mass is 10.2. The Morgan fingerprint density at radius 3 is 2.58 bits per heavy atom. The fourth-order valence-electron chi connectivity index (χ4n) is 1.06. The molecule has 0 aliphatic carbocycles. The van der Waals surface area contributed by atoms with Crippen LogP contribution < -0.4 is 0 Å². The largest absolute Gasteiger partial charge is 0.382 e. The van der Waals surface area contributed by atoms with Crippen LogP contribution in [0.3, 0.4) is 0 Å². The van der Waals surface area contributed by atoms with Gasteiger partial charge >= 0.3 is 0 Å². The van der Waals surface area contributed by atoms with E-state index in [4.69, 9.17) is 4.74 Å². The summed E-state index contributed by atoms with van der Waals surface area (Å²) in [7, 11) is 3.86. The predicted molar refractivity (Wildman–Crippen MR) is 53.4 cm³/mol. The van der Waals surface area contributed by atoms with Gasteiger partial charge in [0.15, 0.2) is 0 Å². The third kappa shape index (κ3) is 6.38. The third-order valence-electron chi connectivity index (χ3n) is 1.86. The molecular weight excluding hydrogens is 150 g/mol. The maximum atomic E-state index is 5.16. The molecule has 12 heavy (non-hydrogen) atoms. The van der Waals surface area contributed by atoms with Crippen LogP contribution in [0.15, 0.2) is 12.2 Å². The summed E-state index contributed by atoms with van der Waals surface area (Å²) in [6, 6.07) is 0. The minimum absolute atomic E-state index is 0.359. The summed E-state index contributed by atoms with van der Waals surface area (Å²) >= 11 is 0. The predicted octanol–water partition coefficient (Wildman–Crippen LogP) is 1.92. The van der Waals surface area contributed by atoms with Gasteiger partial charge in [-0.2, -0.15) is 0 Å². The lowest BCUT2D eigenvalue weighted by Crippen LogP contribution is -2.24. The van der Waals surface area contributed by atoms with E-state index in [9.17, 15) is 0 Å². The fraction of sp³-hybridized carbons (Fsp3) is 0.800. The molecule has 0 aromatic carbocycles. The molecule has 1 unspecified atom stereocenters. The number of hydrogen-bond acceptors (Lipinski definition) is 2. The summed E-state index contributed by atoms with van der Waals surface area (Å²) in [5.74, 6) is 0. The first-order valence-corrected chi connectivity index (χ1v) is 4.42. The number of rotatable bonds is 6. The van der Waals surface area contributed by atoms with Crippen LogP contribution >= 0.6 is 0 Å². The molecule has 2 heteroatoms. The van der Waals surface area contributed by atoms with Crippen molar-refractivity contribution in [2.45, 2.75) is 26.4 Å². The smallest absolute Gasteiger partial charge is 0.0555 e. The summed E-state index contributed by atoms with van der Waals surface area (Å²) < 4.78 is 5.16. The van der Waals surface area contributed by atoms with E-state index in [0.29, 0.717) is 6.10 Å². The lowest BCUT2D eigenvalue weighted by Gasteiger charge is -2.18. The molecule has 1 atom stereocenters. The maximum Gasteiger partial charge on any atom is 0.0555 e. The normalized spacial score (nSPS) is 13.4. The van der Waals surface area contributed by atoms with E-state index in [2.05, 4.69) is 32.4 Å².